The van der Waals surface area contributed by atoms with Crippen molar-refractivity contribution in [3.8, 4) is 0 Å². The van der Waals surface area contributed by atoms with E-state index in [1.165, 1.54) is 17.7 Å². The van der Waals surface area contributed by atoms with Crippen LogP contribution in [0.5, 0.6) is 0 Å². The summed E-state index contributed by atoms with van der Waals surface area (Å²) >= 11 is 0. The van der Waals surface area contributed by atoms with E-state index in [1.807, 2.05) is 11.0 Å². The van der Waals surface area contributed by atoms with Crippen molar-refractivity contribution in [3.05, 3.63) is 65.7 Å². The summed E-state index contributed by atoms with van der Waals surface area (Å²) < 4.78 is 38.7. The predicted octanol–water partition coefficient (Wildman–Crippen LogP) is 5.02. The molecule has 1 saturated heterocycles. The van der Waals surface area contributed by atoms with E-state index < -0.39 is 11.7 Å². The number of benzene rings is 2. The molecule has 0 N–H and O–H groups in total. The Kier molecular flexibility index (Phi) is 5.87. The van der Waals surface area contributed by atoms with Crippen LogP contribution in [0.2, 0.25) is 0 Å². The van der Waals surface area contributed by atoms with Gasteiger partial charge in [0.1, 0.15) is 0 Å². The number of nitrogens with zero attached hydrogens (tertiary/aromatic N) is 2. The Morgan fingerprint density at radius 2 is 1.62 bits per heavy atom. The third-order valence-electron chi connectivity index (χ3n) is 5.16. The summed E-state index contributed by atoms with van der Waals surface area (Å²) in [5, 5.41) is 0. The van der Waals surface area contributed by atoms with Crippen molar-refractivity contribution >= 4 is 5.69 Å². The monoisotopic (exact) mass is 362 g/mol. The minimum absolute atomic E-state index is 0.512. The number of alkyl halides is 3. The second kappa shape index (κ2) is 8.12. The number of hydrogen-bond donors (Lipinski definition) is 0. The molecule has 0 saturated carbocycles. The second-order valence-corrected chi connectivity index (χ2v) is 6.98. The van der Waals surface area contributed by atoms with Gasteiger partial charge in [0.05, 0.1) is 5.56 Å². The zero-order chi connectivity index (χ0) is 18.6. The van der Waals surface area contributed by atoms with Crippen LogP contribution in [-0.4, -0.2) is 37.6 Å². The molecule has 0 bridgehead atoms. The van der Waals surface area contributed by atoms with Gasteiger partial charge in [-0.1, -0.05) is 43.3 Å². The van der Waals surface area contributed by atoms with E-state index in [1.54, 1.807) is 6.07 Å². The molecule has 26 heavy (non-hydrogen) atoms. The lowest BCUT2D eigenvalue weighted by molar-refractivity contribution is -0.137. The van der Waals surface area contributed by atoms with Gasteiger partial charge in [0.15, 0.2) is 0 Å². The SMILES string of the molecule is C[C@H](CCN1CCN(c2cccc(C(F)(F)F)c2)CC1)c1ccccc1. The van der Waals surface area contributed by atoms with Gasteiger partial charge in [0.2, 0.25) is 0 Å². The highest BCUT2D eigenvalue weighted by atomic mass is 19.4. The average molecular weight is 362 g/mol. The van der Waals surface area contributed by atoms with Gasteiger partial charge in [-0.3, -0.25) is 4.90 Å². The van der Waals surface area contributed by atoms with Gasteiger partial charge < -0.3 is 4.90 Å². The summed E-state index contributed by atoms with van der Waals surface area (Å²) in [5.41, 5.74) is 1.45. The molecule has 0 spiro atoms. The molecular formula is C21H25F3N2. The second-order valence-electron chi connectivity index (χ2n) is 6.98. The Bertz CT molecular complexity index is 692. The summed E-state index contributed by atoms with van der Waals surface area (Å²) in [4.78, 5) is 4.45. The van der Waals surface area contributed by atoms with Gasteiger partial charge in [-0.05, 0) is 42.6 Å². The number of rotatable bonds is 5. The zero-order valence-corrected chi connectivity index (χ0v) is 15.0. The summed E-state index contributed by atoms with van der Waals surface area (Å²) in [6, 6.07) is 16.1. The molecule has 1 atom stereocenters. The third kappa shape index (κ3) is 4.79. The summed E-state index contributed by atoms with van der Waals surface area (Å²) in [7, 11) is 0. The molecule has 0 radical (unpaired) electrons. The molecule has 0 unspecified atom stereocenters. The normalized spacial score (nSPS) is 17.3. The molecule has 0 aromatic heterocycles. The third-order valence-corrected chi connectivity index (χ3v) is 5.16. The molecule has 1 aliphatic rings. The maximum atomic E-state index is 12.9. The van der Waals surface area contributed by atoms with Crippen molar-refractivity contribution in [1.29, 1.82) is 0 Å². The maximum Gasteiger partial charge on any atom is 0.416 e. The Labute approximate surface area is 153 Å². The first-order valence-electron chi connectivity index (χ1n) is 9.13. The van der Waals surface area contributed by atoms with Crippen LogP contribution in [0.1, 0.15) is 30.4 Å². The minimum atomic E-state index is -4.29. The number of piperazine rings is 1. The van der Waals surface area contributed by atoms with Crippen LogP contribution in [0.3, 0.4) is 0 Å². The summed E-state index contributed by atoms with van der Waals surface area (Å²) in [5.74, 6) is 0.512. The lowest BCUT2D eigenvalue weighted by Gasteiger charge is -2.36. The summed E-state index contributed by atoms with van der Waals surface area (Å²) in [6.45, 7) is 6.57. The standard InChI is InChI=1S/C21H25F3N2/c1-17(18-6-3-2-4-7-18)10-11-25-12-14-26(15-13-25)20-9-5-8-19(16-20)21(22,23)24/h2-9,16-17H,10-15H2,1H3/t17-/m1/s1. The highest BCUT2D eigenvalue weighted by Crippen LogP contribution is 2.32. The highest BCUT2D eigenvalue weighted by Gasteiger charge is 2.31. The van der Waals surface area contributed by atoms with Crippen LogP contribution in [0.25, 0.3) is 0 Å². The number of hydrogen-bond acceptors (Lipinski definition) is 2. The fraction of sp³-hybridized carbons (Fsp3) is 0.429. The first-order valence-corrected chi connectivity index (χ1v) is 9.13. The lowest BCUT2D eigenvalue weighted by Crippen LogP contribution is -2.46. The van der Waals surface area contributed by atoms with Crippen LogP contribution in [0, 0.1) is 0 Å². The molecule has 1 heterocycles. The molecule has 1 aliphatic heterocycles. The average Bonchev–Trinajstić information content (AvgIpc) is 2.66. The van der Waals surface area contributed by atoms with Gasteiger partial charge in [-0.25, -0.2) is 0 Å². The topological polar surface area (TPSA) is 6.48 Å². The smallest absolute Gasteiger partial charge is 0.369 e. The van der Waals surface area contributed by atoms with Crippen LogP contribution in [0.15, 0.2) is 54.6 Å². The Morgan fingerprint density at radius 3 is 2.27 bits per heavy atom. The fourth-order valence-corrected chi connectivity index (χ4v) is 3.43. The van der Waals surface area contributed by atoms with E-state index in [0.29, 0.717) is 11.6 Å². The van der Waals surface area contributed by atoms with Gasteiger partial charge in [-0.15, -0.1) is 0 Å². The van der Waals surface area contributed by atoms with Crippen LogP contribution < -0.4 is 4.90 Å². The Balaban J connectivity index is 1.50. The Hall–Kier alpha value is -2.01. The van der Waals surface area contributed by atoms with Crippen LogP contribution in [0.4, 0.5) is 18.9 Å². The largest absolute Gasteiger partial charge is 0.416 e. The molecule has 140 valence electrons. The molecule has 5 heteroatoms. The van der Waals surface area contributed by atoms with Gasteiger partial charge in [0, 0.05) is 31.9 Å². The number of anilines is 1. The number of halogens is 3. The molecule has 0 aliphatic carbocycles. The van der Waals surface area contributed by atoms with Crippen molar-refractivity contribution in [2.75, 3.05) is 37.6 Å². The first kappa shape index (κ1) is 18.8. The fourth-order valence-electron chi connectivity index (χ4n) is 3.43. The van der Waals surface area contributed by atoms with Crippen molar-refractivity contribution in [2.24, 2.45) is 0 Å². The zero-order valence-electron chi connectivity index (χ0n) is 15.0. The Morgan fingerprint density at radius 1 is 0.923 bits per heavy atom. The molecule has 2 aromatic rings. The summed E-state index contributed by atoms with van der Waals surface area (Å²) in [6.07, 6.45) is -3.20. The quantitative estimate of drug-likeness (QED) is 0.737. The molecule has 1 fully saturated rings. The van der Waals surface area contributed by atoms with Crippen molar-refractivity contribution in [3.63, 3.8) is 0 Å². The van der Waals surface area contributed by atoms with E-state index in [0.717, 1.165) is 45.2 Å². The first-order chi connectivity index (χ1) is 12.4. The lowest BCUT2D eigenvalue weighted by atomic mass is 9.97. The molecule has 0 amide bonds. The van der Waals surface area contributed by atoms with E-state index in [9.17, 15) is 13.2 Å². The van der Waals surface area contributed by atoms with Crippen molar-refractivity contribution in [2.45, 2.75) is 25.4 Å². The highest BCUT2D eigenvalue weighted by molar-refractivity contribution is 5.49. The molecule has 2 nitrogen and oxygen atoms in total. The van der Waals surface area contributed by atoms with Crippen LogP contribution >= 0.6 is 0 Å². The van der Waals surface area contributed by atoms with Crippen LogP contribution in [-0.2, 0) is 6.18 Å². The minimum Gasteiger partial charge on any atom is -0.369 e. The maximum absolute atomic E-state index is 12.9. The van der Waals surface area contributed by atoms with Gasteiger partial charge in [0.25, 0.3) is 0 Å². The molecular weight excluding hydrogens is 337 g/mol. The van der Waals surface area contributed by atoms with E-state index in [4.69, 9.17) is 0 Å². The predicted molar refractivity (Wildman–Crippen MR) is 99.6 cm³/mol. The molecule has 3 rings (SSSR count). The molecule has 2 aromatic carbocycles. The van der Waals surface area contributed by atoms with Gasteiger partial charge >= 0.3 is 6.18 Å². The van der Waals surface area contributed by atoms with E-state index in [-0.39, 0.29) is 0 Å². The van der Waals surface area contributed by atoms with E-state index in [2.05, 4.69) is 36.1 Å². The van der Waals surface area contributed by atoms with Crippen molar-refractivity contribution < 1.29 is 13.2 Å². The van der Waals surface area contributed by atoms with Crippen molar-refractivity contribution in [1.82, 2.24) is 4.90 Å². The van der Waals surface area contributed by atoms with E-state index >= 15 is 0 Å². The van der Waals surface area contributed by atoms with Gasteiger partial charge in [-0.2, -0.15) is 13.2 Å².